The number of para-hydroxylation sites is 1. The summed E-state index contributed by atoms with van der Waals surface area (Å²) in [5.41, 5.74) is 3.56. The molecular formula is C24H25N7O4S. The van der Waals surface area contributed by atoms with Crippen LogP contribution in [0.2, 0.25) is 0 Å². The van der Waals surface area contributed by atoms with E-state index in [2.05, 4.69) is 29.9 Å². The second-order valence-electron chi connectivity index (χ2n) is 8.58. The molecule has 2 atom stereocenters. The van der Waals surface area contributed by atoms with E-state index in [1.807, 2.05) is 32.0 Å². The lowest BCUT2D eigenvalue weighted by molar-refractivity contribution is 0.0949. The Kier molecular flexibility index (Phi) is 5.92. The lowest BCUT2D eigenvalue weighted by atomic mass is 10.1. The molecule has 4 aromatic heterocycles. The molecule has 5 rings (SSSR count). The monoisotopic (exact) mass is 507 g/mol. The van der Waals surface area contributed by atoms with Gasteiger partial charge in [-0.2, -0.15) is 0 Å². The quantitative estimate of drug-likeness (QED) is 0.329. The summed E-state index contributed by atoms with van der Waals surface area (Å²) < 4.78 is 42.4. The zero-order valence-corrected chi connectivity index (χ0v) is 21.2. The summed E-state index contributed by atoms with van der Waals surface area (Å²) in [6.45, 7) is 5.31. The van der Waals surface area contributed by atoms with Gasteiger partial charge in [0, 0.05) is 36.5 Å². The largest absolute Gasteiger partial charge is 0.495 e. The number of anilines is 1. The first-order valence-corrected chi connectivity index (χ1v) is 12.7. The smallest absolute Gasteiger partial charge is 0.243 e. The number of rotatable bonds is 7. The van der Waals surface area contributed by atoms with Gasteiger partial charge in [-0.3, -0.25) is 14.1 Å². The number of pyridine rings is 2. The van der Waals surface area contributed by atoms with E-state index in [0.29, 0.717) is 22.4 Å². The lowest BCUT2D eigenvalue weighted by Crippen LogP contribution is -2.33. The van der Waals surface area contributed by atoms with Gasteiger partial charge in [0.05, 0.1) is 12.6 Å². The second kappa shape index (κ2) is 8.95. The first-order valence-electron chi connectivity index (χ1n) is 11.2. The van der Waals surface area contributed by atoms with Gasteiger partial charge in [-0.15, -0.1) is 10.2 Å². The molecule has 0 aliphatic rings. The molecule has 0 saturated heterocycles. The molecule has 0 bridgehead atoms. The number of sulfonamides is 1. The fraction of sp³-hybridized carbons (Fsp3) is 0.292. The first-order chi connectivity index (χ1) is 17.2. The van der Waals surface area contributed by atoms with E-state index in [0.717, 1.165) is 21.9 Å². The van der Waals surface area contributed by atoms with Gasteiger partial charge in [-0.25, -0.2) is 18.4 Å². The zero-order valence-electron chi connectivity index (χ0n) is 20.4. The highest BCUT2D eigenvalue weighted by Gasteiger charge is 2.34. The van der Waals surface area contributed by atoms with Crippen molar-refractivity contribution in [1.29, 1.82) is 0 Å². The van der Waals surface area contributed by atoms with Crippen molar-refractivity contribution in [2.75, 3.05) is 18.9 Å². The summed E-state index contributed by atoms with van der Waals surface area (Å²) in [5, 5.41) is 8.99. The summed E-state index contributed by atoms with van der Waals surface area (Å²) in [6, 6.07) is 7.49. The molecule has 0 radical (unpaired) electrons. The van der Waals surface area contributed by atoms with E-state index in [-0.39, 0.29) is 11.8 Å². The number of nitrogens with zero attached hydrogens (tertiary/aromatic N) is 6. The number of nitrogens with one attached hydrogen (secondary N) is 1. The topological polar surface area (TPSA) is 133 Å². The van der Waals surface area contributed by atoms with Gasteiger partial charge in [0.15, 0.2) is 11.5 Å². The van der Waals surface area contributed by atoms with Crippen molar-refractivity contribution in [2.24, 2.45) is 0 Å². The molecule has 4 heterocycles. The van der Waals surface area contributed by atoms with E-state index in [9.17, 15) is 8.42 Å². The molecule has 0 saturated carbocycles. The van der Waals surface area contributed by atoms with Gasteiger partial charge in [-0.05, 0) is 44.0 Å². The summed E-state index contributed by atoms with van der Waals surface area (Å²) in [4.78, 5) is 13.1. The molecule has 11 nitrogen and oxygen atoms in total. The molecule has 5 aromatic rings. The molecule has 0 aliphatic heterocycles. The maximum atomic E-state index is 13.5. The van der Waals surface area contributed by atoms with Crippen LogP contribution in [0.1, 0.15) is 30.0 Å². The van der Waals surface area contributed by atoms with Crippen molar-refractivity contribution in [2.45, 2.75) is 32.1 Å². The molecule has 0 amide bonds. The number of hydrogen-bond acceptors (Lipinski definition) is 9. The average Bonchev–Trinajstić information content (AvgIpc) is 3.28. The Hall–Kier alpha value is -3.90. The maximum absolute atomic E-state index is 13.5. The minimum absolute atomic E-state index is 0.0226. The van der Waals surface area contributed by atoms with Crippen molar-refractivity contribution in [3.05, 3.63) is 59.8 Å². The van der Waals surface area contributed by atoms with Crippen LogP contribution in [0, 0.1) is 13.8 Å². The number of aryl methyl sites for hydroxylation is 2. The number of methoxy groups -OCH3 is 2. The average molecular weight is 508 g/mol. The standard InChI is InChI=1S/C24H25N7O4S/c1-13-9-17-19(25-10-13)16-7-6-8-18(34-4)20(16)31-23(17)28-29-24(31)30-36(32,33)15(3)21(35-5)22-26-11-14(2)12-27-22/h6-12,15,21H,1-5H3,(H,29,30)/t15-,21-/m0/s1. The molecule has 12 heteroatoms. The molecule has 0 spiro atoms. The summed E-state index contributed by atoms with van der Waals surface area (Å²) >= 11 is 0. The molecule has 0 fully saturated rings. The third kappa shape index (κ3) is 3.88. The molecular weight excluding hydrogens is 482 g/mol. The van der Waals surface area contributed by atoms with Crippen LogP contribution in [-0.4, -0.2) is 57.4 Å². The Labute approximate surface area is 207 Å². The van der Waals surface area contributed by atoms with Crippen LogP contribution in [0.15, 0.2) is 42.9 Å². The molecule has 1 aromatic carbocycles. The number of benzene rings is 1. The maximum Gasteiger partial charge on any atom is 0.243 e. The molecule has 36 heavy (non-hydrogen) atoms. The van der Waals surface area contributed by atoms with Crippen molar-refractivity contribution in [3.8, 4) is 5.75 Å². The van der Waals surface area contributed by atoms with Crippen LogP contribution in [0.4, 0.5) is 5.95 Å². The molecule has 186 valence electrons. The number of hydrogen-bond donors (Lipinski definition) is 1. The van der Waals surface area contributed by atoms with Crippen molar-refractivity contribution < 1.29 is 17.9 Å². The van der Waals surface area contributed by atoms with Crippen molar-refractivity contribution >= 4 is 43.4 Å². The Morgan fingerprint density at radius 3 is 2.39 bits per heavy atom. The van der Waals surface area contributed by atoms with E-state index < -0.39 is 21.4 Å². The number of ether oxygens (including phenoxy) is 2. The summed E-state index contributed by atoms with van der Waals surface area (Å²) in [7, 11) is -1.06. The predicted molar refractivity (Wildman–Crippen MR) is 136 cm³/mol. The van der Waals surface area contributed by atoms with Crippen LogP contribution in [-0.2, 0) is 14.8 Å². The van der Waals surface area contributed by atoms with Crippen LogP contribution in [0.25, 0.3) is 27.5 Å². The highest BCUT2D eigenvalue weighted by atomic mass is 32.2. The van der Waals surface area contributed by atoms with E-state index >= 15 is 0 Å². The van der Waals surface area contributed by atoms with Gasteiger partial charge < -0.3 is 9.47 Å². The van der Waals surface area contributed by atoms with Crippen molar-refractivity contribution in [3.63, 3.8) is 0 Å². The molecule has 1 N–H and O–H groups in total. The van der Waals surface area contributed by atoms with Gasteiger partial charge in [0.25, 0.3) is 0 Å². The Morgan fingerprint density at radius 2 is 1.69 bits per heavy atom. The lowest BCUT2D eigenvalue weighted by Gasteiger charge is -2.22. The van der Waals surface area contributed by atoms with E-state index in [1.165, 1.54) is 14.0 Å². The second-order valence-corrected chi connectivity index (χ2v) is 10.6. The Balaban J connectivity index is 1.67. The normalized spacial score (nSPS) is 13.8. The highest BCUT2D eigenvalue weighted by molar-refractivity contribution is 7.93. The van der Waals surface area contributed by atoms with Gasteiger partial charge in [0.2, 0.25) is 16.0 Å². The summed E-state index contributed by atoms with van der Waals surface area (Å²) in [6.07, 6.45) is 4.11. The van der Waals surface area contributed by atoms with Gasteiger partial charge in [0.1, 0.15) is 22.6 Å². The van der Waals surface area contributed by atoms with Crippen LogP contribution in [0.3, 0.4) is 0 Å². The predicted octanol–water partition coefficient (Wildman–Crippen LogP) is 3.36. The Morgan fingerprint density at radius 1 is 0.972 bits per heavy atom. The third-order valence-corrected chi connectivity index (χ3v) is 7.78. The molecule has 0 aliphatic carbocycles. The number of aromatic nitrogens is 6. The highest BCUT2D eigenvalue weighted by Crippen LogP contribution is 2.35. The van der Waals surface area contributed by atoms with Crippen LogP contribution < -0.4 is 9.46 Å². The summed E-state index contributed by atoms with van der Waals surface area (Å²) in [5.74, 6) is 0.819. The van der Waals surface area contributed by atoms with Crippen LogP contribution in [0.5, 0.6) is 5.75 Å². The SMILES string of the molecule is COc1cccc2c3ncc(C)cc3c3nnc(NS(=O)(=O)[C@@H](C)[C@H](OC)c4ncc(C)cn4)n3c12. The van der Waals surface area contributed by atoms with E-state index in [4.69, 9.17) is 9.47 Å². The van der Waals surface area contributed by atoms with Gasteiger partial charge >= 0.3 is 0 Å². The number of fused-ring (bicyclic) bond motifs is 6. The van der Waals surface area contributed by atoms with E-state index in [1.54, 1.807) is 36.2 Å². The van der Waals surface area contributed by atoms with Gasteiger partial charge in [-0.1, -0.05) is 12.1 Å². The van der Waals surface area contributed by atoms with Crippen LogP contribution >= 0.6 is 0 Å². The first kappa shape index (κ1) is 23.8. The fourth-order valence-corrected chi connectivity index (χ4v) is 5.37. The minimum Gasteiger partial charge on any atom is -0.495 e. The Bertz CT molecular complexity index is 1700. The zero-order chi connectivity index (χ0) is 25.6. The van der Waals surface area contributed by atoms with Crippen molar-refractivity contribution in [1.82, 2.24) is 29.5 Å². The minimum atomic E-state index is -4.03. The fourth-order valence-electron chi connectivity index (χ4n) is 4.24. The molecule has 0 unspecified atom stereocenters. The third-order valence-electron chi connectivity index (χ3n) is 6.08.